The van der Waals surface area contributed by atoms with Gasteiger partial charge >= 0.3 is 5.97 Å². The first-order valence-electron chi connectivity index (χ1n) is 8.13. The molecule has 0 spiro atoms. The van der Waals surface area contributed by atoms with Crippen molar-refractivity contribution in [3.05, 3.63) is 65.2 Å². The molecule has 0 aliphatic heterocycles. The normalized spacial score (nSPS) is 11.8. The Bertz CT molecular complexity index is 826. The van der Waals surface area contributed by atoms with E-state index in [0.29, 0.717) is 11.3 Å². The fraction of sp³-hybridized carbons (Fsp3) is 0.238. The zero-order valence-corrected chi connectivity index (χ0v) is 15.3. The number of esters is 1. The molecule has 0 heterocycles. The summed E-state index contributed by atoms with van der Waals surface area (Å²) in [6.07, 6.45) is 1.45. The van der Waals surface area contributed by atoms with Crippen LogP contribution in [-0.4, -0.2) is 29.6 Å². The summed E-state index contributed by atoms with van der Waals surface area (Å²) in [6.45, 7) is 5.17. The van der Waals surface area contributed by atoms with E-state index >= 15 is 0 Å². The van der Waals surface area contributed by atoms with Crippen molar-refractivity contribution in [2.45, 2.75) is 26.4 Å². The van der Waals surface area contributed by atoms with Crippen molar-refractivity contribution in [1.29, 1.82) is 0 Å². The molecule has 2 aromatic rings. The molecule has 26 heavy (non-hydrogen) atoms. The van der Waals surface area contributed by atoms with Crippen molar-refractivity contribution in [3.8, 4) is 11.5 Å². The monoisotopic (exact) mass is 354 g/mol. The van der Waals surface area contributed by atoms with E-state index in [2.05, 4.69) is 0 Å². The molecule has 0 atom stereocenters. The number of hydrogen-bond donors (Lipinski definition) is 1. The number of Topliss-reactive ketones (excluding diaryl/α,β-unsaturated/α-hetero) is 1. The summed E-state index contributed by atoms with van der Waals surface area (Å²) in [5, 5.41) is 9.96. The first kappa shape index (κ1) is 19.2. The quantitative estimate of drug-likeness (QED) is 0.289. The molecule has 5 heteroatoms. The van der Waals surface area contributed by atoms with Crippen molar-refractivity contribution in [3.63, 3.8) is 0 Å². The number of carbonyl (C=O) groups excluding carboxylic acids is 2. The van der Waals surface area contributed by atoms with Crippen molar-refractivity contribution in [1.82, 2.24) is 0 Å². The second-order valence-corrected chi connectivity index (χ2v) is 6.68. The molecule has 2 rings (SSSR count). The molecule has 0 saturated carbocycles. The number of carbonyl (C=O) groups is 2. The first-order chi connectivity index (χ1) is 12.2. The summed E-state index contributed by atoms with van der Waals surface area (Å²) in [5.74, 6) is -0.885. The highest BCUT2D eigenvalue weighted by atomic mass is 16.6. The van der Waals surface area contributed by atoms with Gasteiger partial charge in [-0.05, 0) is 56.7 Å². The maximum atomic E-state index is 12.9. The molecule has 5 nitrogen and oxygen atoms in total. The van der Waals surface area contributed by atoms with Gasteiger partial charge in [0.25, 0.3) is 0 Å². The Labute approximate surface area is 152 Å². The molecule has 0 fully saturated rings. The van der Waals surface area contributed by atoms with Crippen LogP contribution in [0.15, 0.2) is 54.1 Å². The molecule has 0 aliphatic rings. The smallest absolute Gasteiger partial charge is 0.342 e. The summed E-state index contributed by atoms with van der Waals surface area (Å²) in [7, 11) is 1.55. The summed E-state index contributed by atoms with van der Waals surface area (Å²) in [6, 6.07) is 13.0. The Morgan fingerprint density at radius 2 is 1.62 bits per heavy atom. The van der Waals surface area contributed by atoms with Crippen molar-refractivity contribution in [2.75, 3.05) is 7.11 Å². The van der Waals surface area contributed by atoms with Crippen molar-refractivity contribution in [2.24, 2.45) is 0 Å². The minimum absolute atomic E-state index is 0.0399. The summed E-state index contributed by atoms with van der Waals surface area (Å²) < 4.78 is 10.5. The van der Waals surface area contributed by atoms with Crippen LogP contribution >= 0.6 is 0 Å². The number of rotatable bonds is 5. The van der Waals surface area contributed by atoms with Gasteiger partial charge in [-0.25, -0.2) is 4.79 Å². The van der Waals surface area contributed by atoms with Crippen molar-refractivity contribution >= 4 is 17.8 Å². The van der Waals surface area contributed by atoms with Gasteiger partial charge in [0, 0.05) is 0 Å². The van der Waals surface area contributed by atoms with Crippen LogP contribution in [-0.2, 0) is 9.53 Å². The molecular formula is C21H22O5. The summed E-state index contributed by atoms with van der Waals surface area (Å²) >= 11 is 0. The Balaban J connectivity index is 2.47. The molecule has 1 N–H and O–H groups in total. The number of phenols is 1. The molecule has 0 radical (unpaired) electrons. The van der Waals surface area contributed by atoms with Crippen LogP contribution < -0.4 is 4.74 Å². The summed E-state index contributed by atoms with van der Waals surface area (Å²) in [4.78, 5) is 25.5. The van der Waals surface area contributed by atoms with E-state index in [1.54, 1.807) is 64.3 Å². The Kier molecular flexibility index (Phi) is 5.82. The van der Waals surface area contributed by atoms with Gasteiger partial charge in [0.2, 0.25) is 5.78 Å². The fourth-order valence-corrected chi connectivity index (χ4v) is 2.23. The lowest BCUT2D eigenvalue weighted by Gasteiger charge is -2.20. The van der Waals surface area contributed by atoms with Crippen LogP contribution in [0.3, 0.4) is 0 Å². The van der Waals surface area contributed by atoms with Crippen molar-refractivity contribution < 1.29 is 24.2 Å². The predicted octanol–water partition coefficient (Wildman–Crippen LogP) is 4.01. The maximum absolute atomic E-state index is 12.9. The second-order valence-electron chi connectivity index (χ2n) is 6.68. The van der Waals surface area contributed by atoms with Crippen LogP contribution in [0.25, 0.3) is 6.08 Å². The molecular weight excluding hydrogens is 332 g/mol. The van der Waals surface area contributed by atoms with E-state index in [4.69, 9.17) is 9.47 Å². The molecule has 0 unspecified atom stereocenters. The van der Waals surface area contributed by atoms with Gasteiger partial charge < -0.3 is 14.6 Å². The molecule has 0 saturated heterocycles. The third-order valence-electron chi connectivity index (χ3n) is 3.44. The number of benzene rings is 2. The zero-order valence-electron chi connectivity index (χ0n) is 15.3. The number of hydrogen-bond acceptors (Lipinski definition) is 5. The van der Waals surface area contributed by atoms with Crippen LogP contribution in [0.1, 0.15) is 36.7 Å². The van der Waals surface area contributed by atoms with E-state index in [9.17, 15) is 14.7 Å². The lowest BCUT2D eigenvalue weighted by Crippen LogP contribution is -2.27. The largest absolute Gasteiger partial charge is 0.507 e. The topological polar surface area (TPSA) is 72.8 Å². The lowest BCUT2D eigenvalue weighted by molar-refractivity contribution is -0.149. The number of methoxy groups -OCH3 is 1. The Morgan fingerprint density at radius 3 is 2.15 bits per heavy atom. The second kappa shape index (κ2) is 7.87. The zero-order chi connectivity index (χ0) is 19.3. The highest BCUT2D eigenvalue weighted by molar-refractivity contribution is 6.27. The molecule has 0 aromatic heterocycles. The first-order valence-corrected chi connectivity index (χ1v) is 8.13. The van der Waals surface area contributed by atoms with E-state index < -0.39 is 17.4 Å². The van der Waals surface area contributed by atoms with Gasteiger partial charge in [-0.1, -0.05) is 24.3 Å². The molecule has 0 bridgehead atoms. The standard InChI is InChI=1S/C21H22O5/c1-21(2,3)26-20(24)17(13-14-9-11-15(25-4)12-10-14)19(23)16-7-5-6-8-18(16)22/h5-13,22H,1-4H3. The van der Waals surface area contributed by atoms with E-state index in [1.165, 1.54) is 18.2 Å². The predicted molar refractivity (Wildman–Crippen MR) is 99.3 cm³/mol. The third kappa shape index (κ3) is 4.96. The summed E-state index contributed by atoms with van der Waals surface area (Å²) in [5.41, 5.74) is -0.241. The van der Waals surface area contributed by atoms with E-state index in [0.717, 1.165) is 0 Å². The number of ketones is 1. The number of ether oxygens (including phenoxy) is 2. The van der Waals surface area contributed by atoms with Gasteiger partial charge in [0.15, 0.2) is 0 Å². The maximum Gasteiger partial charge on any atom is 0.342 e. The van der Waals surface area contributed by atoms with Gasteiger partial charge in [-0.15, -0.1) is 0 Å². The lowest BCUT2D eigenvalue weighted by atomic mass is 10.00. The number of para-hydroxylation sites is 1. The Hall–Kier alpha value is -3.08. The average Bonchev–Trinajstić information content (AvgIpc) is 2.58. The van der Waals surface area contributed by atoms with Crippen LogP contribution in [0.5, 0.6) is 11.5 Å². The Morgan fingerprint density at radius 1 is 1.00 bits per heavy atom. The fourth-order valence-electron chi connectivity index (χ4n) is 2.23. The average molecular weight is 354 g/mol. The molecule has 0 amide bonds. The van der Waals surface area contributed by atoms with Crippen LogP contribution in [0, 0.1) is 0 Å². The van der Waals surface area contributed by atoms with Crippen LogP contribution in [0.4, 0.5) is 0 Å². The third-order valence-corrected chi connectivity index (χ3v) is 3.44. The van der Waals surface area contributed by atoms with Crippen LogP contribution in [0.2, 0.25) is 0 Å². The van der Waals surface area contributed by atoms with E-state index in [1.807, 2.05) is 0 Å². The number of aromatic hydroxyl groups is 1. The van der Waals surface area contributed by atoms with Gasteiger partial charge in [0.1, 0.15) is 22.7 Å². The van der Waals surface area contributed by atoms with Gasteiger partial charge in [-0.3, -0.25) is 4.79 Å². The molecule has 136 valence electrons. The van der Waals surface area contributed by atoms with E-state index in [-0.39, 0.29) is 16.9 Å². The van der Waals surface area contributed by atoms with Gasteiger partial charge in [0.05, 0.1) is 12.7 Å². The molecule has 0 aliphatic carbocycles. The SMILES string of the molecule is COc1ccc(C=C(C(=O)OC(C)(C)C)C(=O)c2ccccc2O)cc1. The highest BCUT2D eigenvalue weighted by Crippen LogP contribution is 2.24. The minimum atomic E-state index is -0.755. The number of phenolic OH excluding ortho intramolecular Hbond substituents is 1. The van der Waals surface area contributed by atoms with Gasteiger partial charge in [-0.2, -0.15) is 0 Å². The highest BCUT2D eigenvalue weighted by Gasteiger charge is 2.27. The minimum Gasteiger partial charge on any atom is -0.507 e. The molecule has 2 aromatic carbocycles.